The molecule has 0 saturated carbocycles. The van der Waals surface area contributed by atoms with Crippen molar-refractivity contribution in [3.8, 4) is 6.07 Å². The van der Waals surface area contributed by atoms with Crippen LogP contribution in [-0.2, 0) is 16.6 Å². The topological polar surface area (TPSA) is 61.2 Å². The van der Waals surface area contributed by atoms with Gasteiger partial charge in [-0.25, -0.2) is 8.42 Å². The van der Waals surface area contributed by atoms with Crippen molar-refractivity contribution in [2.45, 2.75) is 31.7 Å². The zero-order chi connectivity index (χ0) is 17.7. The maximum absolute atomic E-state index is 13.1. The fourth-order valence-electron chi connectivity index (χ4n) is 2.42. The highest BCUT2D eigenvalue weighted by Crippen LogP contribution is 2.27. The summed E-state index contributed by atoms with van der Waals surface area (Å²) in [6.07, 6.45) is 0.137. The largest absolute Gasteiger partial charge is 0.243 e. The Labute approximate surface area is 148 Å². The molecule has 2 rings (SSSR count). The van der Waals surface area contributed by atoms with Crippen molar-refractivity contribution in [3.05, 3.63) is 64.2 Å². The van der Waals surface area contributed by atoms with E-state index in [1.807, 2.05) is 36.4 Å². The summed E-state index contributed by atoms with van der Waals surface area (Å²) < 4.78 is 27.5. The van der Waals surface area contributed by atoms with Crippen molar-refractivity contribution in [1.29, 1.82) is 5.26 Å². The summed E-state index contributed by atoms with van der Waals surface area (Å²) in [7, 11) is -3.72. The maximum atomic E-state index is 13.1. The number of nitriles is 1. The lowest BCUT2D eigenvalue weighted by atomic mass is 10.2. The summed E-state index contributed by atoms with van der Waals surface area (Å²) in [4.78, 5) is 0.235. The number of aryl methyl sites for hydroxylation is 2. The Morgan fingerprint density at radius 1 is 1.12 bits per heavy atom. The second-order valence-corrected chi connectivity index (χ2v) is 7.91. The zero-order valence-corrected chi connectivity index (χ0v) is 15.2. The van der Waals surface area contributed by atoms with E-state index in [1.54, 1.807) is 26.0 Å². The van der Waals surface area contributed by atoms with E-state index in [-0.39, 0.29) is 24.4 Å². The van der Waals surface area contributed by atoms with Crippen LogP contribution in [0.5, 0.6) is 0 Å². The molecule has 0 amide bonds. The van der Waals surface area contributed by atoms with E-state index < -0.39 is 10.0 Å². The minimum Gasteiger partial charge on any atom is -0.207 e. The van der Waals surface area contributed by atoms with Crippen LogP contribution in [-0.4, -0.2) is 19.3 Å². The third-order valence-electron chi connectivity index (χ3n) is 3.75. The molecule has 2 aromatic rings. The number of rotatable bonds is 6. The molecule has 0 radical (unpaired) electrons. The number of nitrogens with zero attached hydrogens (tertiary/aromatic N) is 2. The summed E-state index contributed by atoms with van der Waals surface area (Å²) in [6.45, 7) is 3.88. The van der Waals surface area contributed by atoms with Gasteiger partial charge in [-0.05, 0) is 42.7 Å². The molecule has 0 atom stereocenters. The highest BCUT2D eigenvalue weighted by Gasteiger charge is 2.26. The Morgan fingerprint density at radius 2 is 1.79 bits per heavy atom. The first-order chi connectivity index (χ1) is 11.4. The quantitative estimate of drug-likeness (QED) is 0.778. The lowest BCUT2D eigenvalue weighted by Gasteiger charge is -2.23. The Hall–Kier alpha value is -1.87. The molecular formula is C18H19ClN2O2S. The van der Waals surface area contributed by atoms with Crippen LogP contribution in [0, 0.1) is 25.2 Å². The molecule has 0 aliphatic heterocycles. The molecule has 0 spiro atoms. The molecule has 6 heteroatoms. The van der Waals surface area contributed by atoms with Gasteiger partial charge < -0.3 is 0 Å². The SMILES string of the molecule is Cc1cc(S(=O)(=O)N(CCC#N)Cc2ccccc2)c(C)cc1Cl. The molecule has 0 saturated heterocycles. The van der Waals surface area contributed by atoms with Crippen molar-refractivity contribution >= 4 is 21.6 Å². The minimum absolute atomic E-state index is 0.137. The fraction of sp³-hybridized carbons (Fsp3) is 0.278. The summed E-state index contributed by atoms with van der Waals surface area (Å²) in [5.41, 5.74) is 2.18. The average molecular weight is 363 g/mol. The van der Waals surface area contributed by atoms with Crippen LogP contribution in [0.25, 0.3) is 0 Å². The lowest BCUT2D eigenvalue weighted by Crippen LogP contribution is -2.32. The van der Waals surface area contributed by atoms with Gasteiger partial charge in [-0.15, -0.1) is 0 Å². The van der Waals surface area contributed by atoms with Gasteiger partial charge in [-0.2, -0.15) is 9.57 Å². The van der Waals surface area contributed by atoms with Gasteiger partial charge in [0.05, 0.1) is 11.0 Å². The van der Waals surface area contributed by atoms with Crippen LogP contribution in [0.2, 0.25) is 5.02 Å². The summed E-state index contributed by atoms with van der Waals surface area (Å²) in [5, 5.41) is 9.40. The van der Waals surface area contributed by atoms with E-state index in [1.165, 1.54) is 4.31 Å². The number of benzene rings is 2. The number of sulfonamides is 1. The predicted molar refractivity (Wildman–Crippen MR) is 95.2 cm³/mol. The number of hydrogen-bond acceptors (Lipinski definition) is 3. The fourth-order valence-corrected chi connectivity index (χ4v) is 4.36. The Balaban J connectivity index is 2.44. The van der Waals surface area contributed by atoms with Crippen molar-refractivity contribution in [1.82, 2.24) is 4.31 Å². The Kier molecular flexibility index (Phi) is 6.00. The normalized spacial score (nSPS) is 11.5. The van der Waals surface area contributed by atoms with Crippen LogP contribution in [0.1, 0.15) is 23.1 Å². The molecular weight excluding hydrogens is 344 g/mol. The molecule has 0 unspecified atom stereocenters. The second-order valence-electron chi connectivity index (χ2n) is 5.60. The average Bonchev–Trinajstić information content (AvgIpc) is 2.55. The van der Waals surface area contributed by atoms with Gasteiger partial charge in [0.15, 0.2) is 0 Å². The molecule has 24 heavy (non-hydrogen) atoms. The van der Waals surface area contributed by atoms with Gasteiger partial charge in [0.2, 0.25) is 10.0 Å². The predicted octanol–water partition coefficient (Wildman–Crippen LogP) is 4.06. The molecule has 0 aromatic heterocycles. The molecule has 0 aliphatic carbocycles. The van der Waals surface area contributed by atoms with Crippen molar-refractivity contribution in [2.75, 3.05) is 6.54 Å². The molecule has 2 aromatic carbocycles. The van der Waals surface area contributed by atoms with Crippen molar-refractivity contribution in [2.24, 2.45) is 0 Å². The highest BCUT2D eigenvalue weighted by atomic mass is 35.5. The van der Waals surface area contributed by atoms with Gasteiger partial charge >= 0.3 is 0 Å². The molecule has 0 aliphatic rings. The maximum Gasteiger partial charge on any atom is 0.243 e. The standard InChI is InChI=1S/C18H19ClN2O2S/c1-14-12-18(15(2)11-17(14)19)24(22,23)21(10-6-9-20)13-16-7-4-3-5-8-16/h3-5,7-8,11-12H,6,10,13H2,1-2H3. The molecule has 0 N–H and O–H groups in total. The van der Waals surface area contributed by atoms with Crippen LogP contribution < -0.4 is 0 Å². The minimum atomic E-state index is -3.72. The van der Waals surface area contributed by atoms with E-state index in [0.717, 1.165) is 5.56 Å². The molecule has 4 nitrogen and oxygen atoms in total. The highest BCUT2D eigenvalue weighted by molar-refractivity contribution is 7.89. The summed E-state index contributed by atoms with van der Waals surface area (Å²) in [6, 6.07) is 14.6. The first-order valence-corrected chi connectivity index (χ1v) is 9.36. The van der Waals surface area contributed by atoms with Gasteiger partial charge in [0, 0.05) is 24.5 Å². The van der Waals surface area contributed by atoms with Gasteiger partial charge in [0.25, 0.3) is 0 Å². The summed E-state index contributed by atoms with van der Waals surface area (Å²) in [5.74, 6) is 0. The summed E-state index contributed by atoms with van der Waals surface area (Å²) >= 11 is 6.08. The first kappa shape index (κ1) is 18.5. The number of hydrogen-bond donors (Lipinski definition) is 0. The molecule has 0 heterocycles. The molecule has 126 valence electrons. The third kappa shape index (κ3) is 4.15. The van der Waals surface area contributed by atoms with E-state index in [4.69, 9.17) is 16.9 Å². The van der Waals surface area contributed by atoms with Gasteiger partial charge in [-0.3, -0.25) is 0 Å². The number of halogens is 1. The van der Waals surface area contributed by atoms with E-state index in [9.17, 15) is 8.42 Å². The monoisotopic (exact) mass is 362 g/mol. The third-order valence-corrected chi connectivity index (χ3v) is 6.14. The van der Waals surface area contributed by atoms with Crippen LogP contribution >= 0.6 is 11.6 Å². The molecule has 0 bridgehead atoms. The first-order valence-electron chi connectivity index (χ1n) is 7.54. The zero-order valence-electron chi connectivity index (χ0n) is 13.7. The van der Waals surface area contributed by atoms with E-state index >= 15 is 0 Å². The van der Waals surface area contributed by atoms with Crippen LogP contribution in [0.15, 0.2) is 47.4 Å². The van der Waals surface area contributed by atoms with Gasteiger partial charge in [-0.1, -0.05) is 41.9 Å². The van der Waals surface area contributed by atoms with Crippen LogP contribution in [0.4, 0.5) is 0 Å². The Bertz CT molecular complexity index is 859. The Morgan fingerprint density at radius 3 is 2.42 bits per heavy atom. The lowest BCUT2D eigenvalue weighted by molar-refractivity contribution is 0.413. The smallest absolute Gasteiger partial charge is 0.207 e. The van der Waals surface area contributed by atoms with Crippen LogP contribution in [0.3, 0.4) is 0 Å². The van der Waals surface area contributed by atoms with E-state index in [2.05, 4.69) is 0 Å². The van der Waals surface area contributed by atoms with Crippen molar-refractivity contribution < 1.29 is 8.42 Å². The van der Waals surface area contributed by atoms with E-state index in [0.29, 0.717) is 16.1 Å². The van der Waals surface area contributed by atoms with Crippen molar-refractivity contribution in [3.63, 3.8) is 0 Å². The second kappa shape index (κ2) is 7.80. The molecule has 0 fully saturated rings. The van der Waals surface area contributed by atoms with Gasteiger partial charge in [0.1, 0.15) is 0 Å².